The van der Waals surface area contributed by atoms with Gasteiger partial charge in [0.05, 0.1) is 0 Å². The second-order valence-electron chi connectivity index (χ2n) is 3.71. The van der Waals surface area contributed by atoms with E-state index in [0.717, 1.165) is 10.3 Å². The van der Waals surface area contributed by atoms with Crippen LogP contribution >= 0.6 is 15.9 Å². The number of H-pyrrole nitrogens is 1. The Hall–Kier alpha value is -1.89. The van der Waals surface area contributed by atoms with E-state index >= 15 is 0 Å². The molecule has 0 aliphatic heterocycles. The molecule has 1 aromatic heterocycles. The van der Waals surface area contributed by atoms with Crippen LogP contribution in [-0.2, 0) is 6.42 Å². The fourth-order valence-corrected chi connectivity index (χ4v) is 2.00. The van der Waals surface area contributed by atoms with Gasteiger partial charge in [0.1, 0.15) is 12.2 Å². The molecule has 0 saturated heterocycles. The number of amides is 1. The summed E-state index contributed by atoms with van der Waals surface area (Å²) < 4.78 is 0.780. The van der Waals surface area contributed by atoms with E-state index in [0.29, 0.717) is 24.2 Å². The van der Waals surface area contributed by atoms with E-state index in [1.54, 1.807) is 18.2 Å². The highest BCUT2D eigenvalue weighted by atomic mass is 79.9. The zero-order chi connectivity index (χ0) is 13.0. The highest BCUT2D eigenvalue weighted by molar-refractivity contribution is 9.10. The third kappa shape index (κ3) is 3.30. The van der Waals surface area contributed by atoms with Crippen LogP contribution in [0.15, 0.2) is 29.0 Å². The normalized spacial score (nSPS) is 10.3. The number of halogens is 1. The Labute approximate surface area is 112 Å². The maximum absolute atomic E-state index is 11.8. The molecule has 0 bridgehead atoms. The number of carbonyl (C=O) groups excluding carboxylic acids is 1. The summed E-state index contributed by atoms with van der Waals surface area (Å²) in [5, 5.41) is 9.25. The number of nitrogens with two attached hydrogens (primary N) is 1. The molecule has 6 nitrogen and oxygen atoms in total. The molecule has 0 unspecified atom stereocenters. The van der Waals surface area contributed by atoms with Gasteiger partial charge in [0.15, 0.2) is 0 Å². The molecule has 18 heavy (non-hydrogen) atoms. The Bertz CT molecular complexity index is 520. The van der Waals surface area contributed by atoms with E-state index in [-0.39, 0.29) is 5.91 Å². The third-order valence-corrected chi connectivity index (χ3v) is 2.75. The second-order valence-corrected chi connectivity index (χ2v) is 4.63. The smallest absolute Gasteiger partial charge is 0.251 e. The van der Waals surface area contributed by atoms with Gasteiger partial charge in [0, 0.05) is 28.7 Å². The molecular weight excluding hydrogens is 298 g/mol. The average Bonchev–Trinajstić information content (AvgIpc) is 2.80. The van der Waals surface area contributed by atoms with Crippen LogP contribution < -0.4 is 11.1 Å². The maximum atomic E-state index is 11.8. The molecule has 0 aliphatic rings. The number of aromatic nitrogens is 3. The van der Waals surface area contributed by atoms with Crippen molar-refractivity contribution in [3.05, 3.63) is 40.4 Å². The predicted octanol–water partition coefficient (Wildman–Crippen LogP) is 1.12. The molecule has 0 saturated carbocycles. The molecule has 0 fully saturated rings. The summed E-state index contributed by atoms with van der Waals surface area (Å²) in [5.41, 5.74) is 6.74. The number of rotatable bonds is 4. The summed E-state index contributed by atoms with van der Waals surface area (Å²) in [4.78, 5) is 15.8. The molecule has 1 amide bonds. The first-order valence-corrected chi connectivity index (χ1v) is 6.13. The highest BCUT2D eigenvalue weighted by Gasteiger charge is 2.07. The van der Waals surface area contributed by atoms with Crippen LogP contribution in [0.4, 0.5) is 5.69 Å². The summed E-state index contributed by atoms with van der Waals surface area (Å²) in [5.74, 6) is 0.576. The van der Waals surface area contributed by atoms with Gasteiger partial charge in [-0.2, -0.15) is 5.10 Å². The molecule has 4 N–H and O–H groups in total. The zero-order valence-electron chi connectivity index (χ0n) is 9.48. The van der Waals surface area contributed by atoms with Crippen molar-refractivity contribution in [3.63, 3.8) is 0 Å². The quantitative estimate of drug-likeness (QED) is 0.737. The number of aromatic amines is 1. The van der Waals surface area contributed by atoms with Crippen LogP contribution in [0, 0.1) is 0 Å². The van der Waals surface area contributed by atoms with Crippen molar-refractivity contribution in [2.24, 2.45) is 0 Å². The first-order valence-electron chi connectivity index (χ1n) is 5.33. The minimum absolute atomic E-state index is 0.164. The van der Waals surface area contributed by atoms with Crippen LogP contribution in [0.1, 0.15) is 16.2 Å². The number of nitrogens with zero attached hydrogens (tertiary/aromatic N) is 2. The molecule has 1 heterocycles. The Balaban J connectivity index is 1.91. The summed E-state index contributed by atoms with van der Waals surface area (Å²) in [6.45, 7) is 0.487. The lowest BCUT2D eigenvalue weighted by Gasteiger charge is -2.05. The van der Waals surface area contributed by atoms with Crippen molar-refractivity contribution in [1.82, 2.24) is 20.5 Å². The van der Waals surface area contributed by atoms with Crippen molar-refractivity contribution in [1.29, 1.82) is 0 Å². The molecule has 94 valence electrons. The van der Waals surface area contributed by atoms with Crippen LogP contribution in [0.5, 0.6) is 0 Å². The van der Waals surface area contributed by atoms with E-state index in [2.05, 4.69) is 36.4 Å². The van der Waals surface area contributed by atoms with Crippen molar-refractivity contribution < 1.29 is 4.79 Å². The molecule has 1 aromatic carbocycles. The summed E-state index contributed by atoms with van der Waals surface area (Å²) >= 11 is 3.30. The van der Waals surface area contributed by atoms with E-state index in [4.69, 9.17) is 5.73 Å². The number of anilines is 1. The van der Waals surface area contributed by atoms with Crippen molar-refractivity contribution in [2.75, 3.05) is 12.3 Å². The fraction of sp³-hybridized carbons (Fsp3) is 0.182. The molecule has 0 aliphatic carbocycles. The van der Waals surface area contributed by atoms with Crippen molar-refractivity contribution >= 4 is 27.5 Å². The fourth-order valence-electron chi connectivity index (χ4n) is 1.49. The summed E-state index contributed by atoms with van der Waals surface area (Å²) in [6.07, 6.45) is 2.04. The first kappa shape index (κ1) is 12.6. The van der Waals surface area contributed by atoms with Gasteiger partial charge in [-0.3, -0.25) is 9.89 Å². The monoisotopic (exact) mass is 309 g/mol. The van der Waals surface area contributed by atoms with Crippen LogP contribution in [0.25, 0.3) is 0 Å². The van der Waals surface area contributed by atoms with Crippen molar-refractivity contribution in [3.8, 4) is 0 Å². The van der Waals surface area contributed by atoms with Gasteiger partial charge in [0.2, 0.25) is 0 Å². The van der Waals surface area contributed by atoms with Gasteiger partial charge in [0.25, 0.3) is 5.91 Å². The molecule has 2 rings (SSSR count). The standard InChI is InChI=1S/C11H12BrN5O/c12-8-3-7(4-9(13)5-8)11(18)14-2-1-10-15-6-16-17-10/h3-6H,1-2,13H2,(H,14,18)(H,15,16,17). The first-order chi connectivity index (χ1) is 8.65. The van der Waals surface area contributed by atoms with E-state index < -0.39 is 0 Å². The lowest BCUT2D eigenvalue weighted by atomic mass is 10.2. The Morgan fingerprint density at radius 2 is 2.28 bits per heavy atom. The van der Waals surface area contributed by atoms with Gasteiger partial charge in [-0.25, -0.2) is 4.98 Å². The number of carbonyl (C=O) groups is 1. The van der Waals surface area contributed by atoms with Gasteiger partial charge in [-0.1, -0.05) is 15.9 Å². The topological polar surface area (TPSA) is 96.7 Å². The van der Waals surface area contributed by atoms with Gasteiger partial charge >= 0.3 is 0 Å². The summed E-state index contributed by atoms with van der Waals surface area (Å²) in [7, 11) is 0. The highest BCUT2D eigenvalue weighted by Crippen LogP contribution is 2.17. The van der Waals surface area contributed by atoms with E-state index in [9.17, 15) is 4.79 Å². The van der Waals surface area contributed by atoms with Gasteiger partial charge in [-0.15, -0.1) is 0 Å². The predicted molar refractivity (Wildman–Crippen MR) is 71.0 cm³/mol. The third-order valence-electron chi connectivity index (χ3n) is 2.29. The Morgan fingerprint density at radius 3 is 2.94 bits per heavy atom. The van der Waals surface area contributed by atoms with Crippen molar-refractivity contribution in [2.45, 2.75) is 6.42 Å². The molecular formula is C11H12BrN5O. The molecule has 0 atom stereocenters. The molecule has 7 heteroatoms. The number of nitrogen functional groups attached to an aromatic ring is 1. The lowest BCUT2D eigenvalue weighted by molar-refractivity contribution is 0.0954. The second kappa shape index (κ2) is 5.63. The van der Waals surface area contributed by atoms with Crippen LogP contribution in [0.2, 0.25) is 0 Å². The Kier molecular flexibility index (Phi) is 3.93. The number of nitrogens with one attached hydrogen (secondary N) is 2. The minimum Gasteiger partial charge on any atom is -0.399 e. The Morgan fingerprint density at radius 1 is 1.44 bits per heavy atom. The number of benzene rings is 1. The number of hydrogen-bond acceptors (Lipinski definition) is 4. The molecule has 2 aromatic rings. The average molecular weight is 310 g/mol. The lowest BCUT2D eigenvalue weighted by Crippen LogP contribution is -2.26. The summed E-state index contributed by atoms with van der Waals surface area (Å²) in [6, 6.07) is 5.10. The zero-order valence-corrected chi connectivity index (χ0v) is 11.1. The van der Waals surface area contributed by atoms with Gasteiger partial charge < -0.3 is 11.1 Å². The minimum atomic E-state index is -0.164. The molecule has 0 spiro atoms. The maximum Gasteiger partial charge on any atom is 0.251 e. The molecule has 0 radical (unpaired) electrons. The van der Waals surface area contributed by atoms with E-state index in [1.807, 2.05) is 0 Å². The van der Waals surface area contributed by atoms with E-state index in [1.165, 1.54) is 6.33 Å². The largest absolute Gasteiger partial charge is 0.399 e. The van der Waals surface area contributed by atoms with Crippen LogP contribution in [-0.4, -0.2) is 27.6 Å². The SMILES string of the molecule is Nc1cc(Br)cc(C(=O)NCCc2ncn[nH]2)c1. The van der Waals surface area contributed by atoms with Crippen LogP contribution in [0.3, 0.4) is 0 Å². The number of hydrogen-bond donors (Lipinski definition) is 3. The van der Waals surface area contributed by atoms with Gasteiger partial charge in [-0.05, 0) is 18.2 Å².